The zero-order valence-corrected chi connectivity index (χ0v) is 40.1. The Balaban J connectivity index is 0.881. The molecule has 0 saturated heterocycles. The van der Waals surface area contributed by atoms with Crippen LogP contribution in [0.4, 0.5) is 0 Å². The van der Waals surface area contributed by atoms with Crippen molar-refractivity contribution < 1.29 is 8.83 Å². The fraction of sp³-hybridized carbons (Fsp3) is 0. The Labute approximate surface area is 425 Å². The van der Waals surface area contributed by atoms with Crippen molar-refractivity contribution in [1.82, 2.24) is 0 Å². The van der Waals surface area contributed by atoms with Crippen molar-refractivity contribution in [2.75, 3.05) is 0 Å². The first-order valence-corrected chi connectivity index (χ1v) is 25.5. The lowest BCUT2D eigenvalue weighted by Gasteiger charge is -2.19. The Morgan fingerprint density at radius 1 is 0.189 bits per heavy atom. The maximum absolute atomic E-state index is 7.23. The van der Waals surface area contributed by atoms with E-state index in [0.29, 0.717) is 0 Å². The normalized spacial score (nSPS) is 12.1. The monoisotopic (exact) mass is 938 g/mol. The van der Waals surface area contributed by atoms with Crippen molar-refractivity contribution in [2.24, 2.45) is 0 Å². The van der Waals surface area contributed by atoms with Gasteiger partial charge in [-0.25, -0.2) is 0 Å². The Bertz CT molecular complexity index is 4900. The van der Waals surface area contributed by atoms with Crippen molar-refractivity contribution >= 4 is 109 Å². The lowest BCUT2D eigenvalue weighted by Crippen LogP contribution is -1.92. The third-order valence-corrected chi connectivity index (χ3v) is 15.8. The van der Waals surface area contributed by atoms with Gasteiger partial charge in [0.25, 0.3) is 0 Å². The summed E-state index contributed by atoms with van der Waals surface area (Å²) in [6.45, 7) is 0. The van der Waals surface area contributed by atoms with Crippen LogP contribution in [0.2, 0.25) is 0 Å². The number of fused-ring (bicyclic) bond motifs is 12. The summed E-state index contributed by atoms with van der Waals surface area (Å²) >= 11 is 0. The Morgan fingerprint density at radius 3 is 1.26 bits per heavy atom. The van der Waals surface area contributed by atoms with Gasteiger partial charge in [0.1, 0.15) is 22.3 Å². The molecule has 0 aliphatic heterocycles. The van der Waals surface area contributed by atoms with Crippen LogP contribution in [0.5, 0.6) is 0 Å². The van der Waals surface area contributed by atoms with Crippen LogP contribution in [0.1, 0.15) is 0 Å². The second-order valence-electron chi connectivity index (χ2n) is 19.8. The van der Waals surface area contributed by atoms with Gasteiger partial charge in [-0.2, -0.15) is 0 Å². The molecule has 0 bridgehead atoms. The van der Waals surface area contributed by atoms with Crippen molar-refractivity contribution in [3.63, 3.8) is 0 Å². The molecule has 14 aromatic carbocycles. The van der Waals surface area contributed by atoms with Gasteiger partial charge in [-0.05, 0) is 146 Å². The first kappa shape index (κ1) is 40.9. The summed E-state index contributed by atoms with van der Waals surface area (Å²) in [5.74, 6) is 0. The van der Waals surface area contributed by atoms with Crippen LogP contribution in [0, 0.1) is 0 Å². The highest BCUT2D eigenvalue weighted by atomic mass is 16.3. The lowest BCUT2D eigenvalue weighted by molar-refractivity contribution is 0.669. The standard InChI is InChI=1S/C72H42O2/c1-2-17-43(18-3-1)48-36-37-60(50-22-7-6-21-49(48)50)70-56-27-12-8-23-52(56)69(53-24-9-13-28-57(53)70)47-33-35-51-61-31-16-32-62(72(61)74-66(51)42-47)71-58-29-14-10-25-54(58)68(55-26-11-15-30-59(55)71)46-34-38-65-63(40-46)64-39-44-19-4-5-20-45(44)41-67(64)73-65/h1-42H. The largest absolute Gasteiger partial charge is 0.456 e. The molecule has 2 nitrogen and oxygen atoms in total. The molecule has 0 saturated carbocycles. The molecule has 0 radical (unpaired) electrons. The van der Waals surface area contributed by atoms with Gasteiger partial charge in [-0.3, -0.25) is 0 Å². The lowest BCUT2D eigenvalue weighted by atomic mass is 9.83. The SMILES string of the molecule is c1ccc(-c2ccc(-c3c4ccccc4c(-c4ccc5c(c4)oc4c(-c6c7ccccc7c(-c7ccc8oc9cc%10ccccc%10cc9c8c7)c7ccccc67)cccc45)c4ccccc34)c3ccccc23)cc1. The summed E-state index contributed by atoms with van der Waals surface area (Å²) in [5, 5.41) is 18.9. The summed E-state index contributed by atoms with van der Waals surface area (Å²) in [5.41, 5.74) is 15.4. The van der Waals surface area contributed by atoms with Crippen molar-refractivity contribution in [3.05, 3.63) is 255 Å². The van der Waals surface area contributed by atoms with E-state index >= 15 is 0 Å². The van der Waals surface area contributed by atoms with Gasteiger partial charge < -0.3 is 8.83 Å². The summed E-state index contributed by atoms with van der Waals surface area (Å²) in [7, 11) is 0. The highest BCUT2D eigenvalue weighted by Crippen LogP contribution is 2.50. The molecular formula is C72H42O2. The smallest absolute Gasteiger partial charge is 0.143 e. The minimum Gasteiger partial charge on any atom is -0.456 e. The third kappa shape index (κ3) is 6.00. The molecule has 0 unspecified atom stereocenters. The van der Waals surface area contributed by atoms with E-state index < -0.39 is 0 Å². The van der Waals surface area contributed by atoms with Gasteiger partial charge >= 0.3 is 0 Å². The van der Waals surface area contributed by atoms with Crippen LogP contribution >= 0.6 is 0 Å². The maximum Gasteiger partial charge on any atom is 0.143 e. The van der Waals surface area contributed by atoms with Gasteiger partial charge in [0, 0.05) is 32.7 Å². The first-order chi connectivity index (χ1) is 36.7. The molecule has 0 aliphatic carbocycles. The fourth-order valence-corrected chi connectivity index (χ4v) is 12.6. The average molecular weight is 939 g/mol. The highest BCUT2D eigenvalue weighted by molar-refractivity contribution is 6.27. The molecule has 0 amide bonds. The van der Waals surface area contributed by atoms with E-state index in [0.717, 1.165) is 60.6 Å². The average Bonchev–Trinajstić information content (AvgIpc) is 4.03. The molecule has 2 aromatic heterocycles. The van der Waals surface area contributed by atoms with Crippen LogP contribution in [-0.2, 0) is 0 Å². The van der Waals surface area contributed by atoms with Crippen molar-refractivity contribution in [1.29, 1.82) is 0 Å². The summed E-state index contributed by atoms with van der Waals surface area (Å²) in [6, 6.07) is 93.0. The minimum absolute atomic E-state index is 0.864. The number of hydrogen-bond acceptors (Lipinski definition) is 2. The van der Waals surface area contributed by atoms with Crippen LogP contribution in [0.15, 0.2) is 264 Å². The molecule has 16 aromatic rings. The molecule has 0 atom stereocenters. The van der Waals surface area contributed by atoms with Crippen LogP contribution in [-0.4, -0.2) is 0 Å². The van der Waals surface area contributed by atoms with Crippen molar-refractivity contribution in [2.45, 2.75) is 0 Å². The van der Waals surface area contributed by atoms with Crippen LogP contribution < -0.4 is 0 Å². The molecule has 0 spiro atoms. The molecule has 2 heteroatoms. The van der Waals surface area contributed by atoms with E-state index in [4.69, 9.17) is 8.83 Å². The quantitative estimate of drug-likeness (QED) is 0.161. The molecule has 74 heavy (non-hydrogen) atoms. The highest BCUT2D eigenvalue weighted by Gasteiger charge is 2.23. The van der Waals surface area contributed by atoms with Gasteiger partial charge in [0.2, 0.25) is 0 Å². The van der Waals surface area contributed by atoms with Gasteiger partial charge in [-0.1, -0.05) is 218 Å². The third-order valence-electron chi connectivity index (χ3n) is 15.8. The predicted molar refractivity (Wildman–Crippen MR) is 313 cm³/mol. The number of para-hydroxylation sites is 1. The summed E-state index contributed by atoms with van der Waals surface area (Å²) < 4.78 is 13.7. The van der Waals surface area contributed by atoms with Crippen LogP contribution in [0.25, 0.3) is 164 Å². The van der Waals surface area contributed by atoms with Crippen molar-refractivity contribution in [3.8, 4) is 55.6 Å². The Morgan fingerprint density at radius 2 is 0.635 bits per heavy atom. The number of hydrogen-bond donors (Lipinski definition) is 0. The number of furan rings is 2. The topological polar surface area (TPSA) is 26.3 Å². The van der Waals surface area contributed by atoms with E-state index in [1.807, 2.05) is 0 Å². The maximum atomic E-state index is 7.23. The van der Waals surface area contributed by atoms with E-state index in [1.54, 1.807) is 0 Å². The number of benzene rings is 14. The second kappa shape index (κ2) is 15.9. The molecule has 0 N–H and O–H groups in total. The van der Waals surface area contributed by atoms with E-state index in [-0.39, 0.29) is 0 Å². The second-order valence-corrected chi connectivity index (χ2v) is 19.8. The molecule has 0 fully saturated rings. The molecule has 2 heterocycles. The fourth-order valence-electron chi connectivity index (χ4n) is 12.6. The molecule has 0 aliphatic rings. The van der Waals surface area contributed by atoms with Gasteiger partial charge in [-0.15, -0.1) is 0 Å². The van der Waals surface area contributed by atoms with E-state index in [1.165, 1.54) is 104 Å². The van der Waals surface area contributed by atoms with Gasteiger partial charge in [0.05, 0.1) is 0 Å². The Hall–Kier alpha value is -9.76. The molecule has 342 valence electrons. The molecule has 16 rings (SSSR count). The van der Waals surface area contributed by atoms with E-state index in [2.05, 4.69) is 255 Å². The van der Waals surface area contributed by atoms with Crippen LogP contribution in [0.3, 0.4) is 0 Å². The Kier molecular flexibility index (Phi) is 8.78. The van der Waals surface area contributed by atoms with Gasteiger partial charge in [0.15, 0.2) is 0 Å². The summed E-state index contributed by atoms with van der Waals surface area (Å²) in [4.78, 5) is 0. The summed E-state index contributed by atoms with van der Waals surface area (Å²) in [6.07, 6.45) is 0. The predicted octanol–water partition coefficient (Wildman–Crippen LogP) is 20.7. The van der Waals surface area contributed by atoms with E-state index in [9.17, 15) is 0 Å². The first-order valence-electron chi connectivity index (χ1n) is 25.5. The minimum atomic E-state index is 0.864. The zero-order valence-electron chi connectivity index (χ0n) is 40.1. The zero-order chi connectivity index (χ0) is 48.4. The number of rotatable bonds is 5. The molecular weight excluding hydrogens is 897 g/mol.